The standard InChI is InChI=1S/C13H20N2O2S/c1-4-10-7-12(10)15-18(16,17)13-6-9(3)8(2)5-11(13)14/h5-6,10,12,15H,4,7,14H2,1-3H3. The Bertz CT molecular complexity index is 567. The van der Waals surface area contributed by atoms with Crippen LogP contribution in [0.1, 0.15) is 30.9 Å². The summed E-state index contributed by atoms with van der Waals surface area (Å²) >= 11 is 0. The number of nitrogens with one attached hydrogen (secondary N) is 1. The van der Waals surface area contributed by atoms with Crippen LogP contribution in [0.5, 0.6) is 0 Å². The number of aryl methyl sites for hydroxylation is 2. The van der Waals surface area contributed by atoms with Gasteiger partial charge < -0.3 is 5.73 Å². The molecule has 0 bridgehead atoms. The minimum atomic E-state index is -3.48. The second-order valence-electron chi connectivity index (χ2n) is 5.11. The first kappa shape index (κ1) is 13.4. The van der Waals surface area contributed by atoms with Crippen molar-refractivity contribution in [2.24, 2.45) is 5.92 Å². The SMILES string of the molecule is CCC1CC1NS(=O)(=O)c1cc(C)c(C)cc1N. The lowest BCUT2D eigenvalue weighted by molar-refractivity contribution is 0.576. The molecular formula is C13H20N2O2S. The molecule has 0 radical (unpaired) electrons. The lowest BCUT2D eigenvalue weighted by Crippen LogP contribution is -2.28. The predicted octanol–water partition coefficient (Wildman–Crippen LogP) is 1.96. The van der Waals surface area contributed by atoms with Crippen molar-refractivity contribution in [3.05, 3.63) is 23.3 Å². The van der Waals surface area contributed by atoms with E-state index in [-0.39, 0.29) is 10.9 Å². The molecule has 0 aliphatic heterocycles. The average molecular weight is 268 g/mol. The van der Waals surface area contributed by atoms with Crippen LogP contribution in [-0.2, 0) is 10.0 Å². The summed E-state index contributed by atoms with van der Waals surface area (Å²) in [5.74, 6) is 0.479. The molecule has 1 aliphatic carbocycles. The predicted molar refractivity (Wildman–Crippen MR) is 72.8 cm³/mol. The molecule has 5 heteroatoms. The number of nitrogen functional groups attached to an aromatic ring is 1. The van der Waals surface area contributed by atoms with Gasteiger partial charge in [0, 0.05) is 6.04 Å². The maximum absolute atomic E-state index is 12.2. The van der Waals surface area contributed by atoms with Gasteiger partial charge in [0.05, 0.1) is 5.69 Å². The Morgan fingerprint density at radius 1 is 1.33 bits per heavy atom. The van der Waals surface area contributed by atoms with E-state index in [0.29, 0.717) is 11.6 Å². The lowest BCUT2D eigenvalue weighted by atomic mass is 10.1. The maximum atomic E-state index is 12.2. The molecular weight excluding hydrogens is 248 g/mol. The molecule has 0 spiro atoms. The van der Waals surface area contributed by atoms with E-state index in [1.165, 1.54) is 0 Å². The normalized spacial score (nSPS) is 23.1. The molecule has 18 heavy (non-hydrogen) atoms. The van der Waals surface area contributed by atoms with E-state index >= 15 is 0 Å². The van der Waals surface area contributed by atoms with E-state index in [4.69, 9.17) is 5.73 Å². The molecule has 2 unspecified atom stereocenters. The fourth-order valence-electron chi connectivity index (χ4n) is 2.15. The maximum Gasteiger partial charge on any atom is 0.242 e. The molecule has 0 aromatic heterocycles. The summed E-state index contributed by atoms with van der Waals surface area (Å²) < 4.78 is 27.2. The van der Waals surface area contributed by atoms with Crippen LogP contribution < -0.4 is 10.5 Å². The number of benzene rings is 1. The summed E-state index contributed by atoms with van der Waals surface area (Å²) in [6.45, 7) is 5.88. The molecule has 4 nitrogen and oxygen atoms in total. The van der Waals surface area contributed by atoms with Gasteiger partial charge in [-0.25, -0.2) is 13.1 Å². The van der Waals surface area contributed by atoms with Crippen LogP contribution in [0.4, 0.5) is 5.69 Å². The van der Waals surface area contributed by atoms with E-state index in [0.717, 1.165) is 24.0 Å². The third-order valence-corrected chi connectivity index (χ3v) is 5.21. The molecule has 1 aromatic carbocycles. The first-order valence-corrected chi connectivity index (χ1v) is 7.72. The van der Waals surface area contributed by atoms with E-state index in [2.05, 4.69) is 11.6 Å². The molecule has 1 saturated carbocycles. The summed E-state index contributed by atoms with van der Waals surface area (Å²) in [6, 6.07) is 3.45. The number of sulfonamides is 1. The van der Waals surface area contributed by atoms with Crippen molar-refractivity contribution in [3.63, 3.8) is 0 Å². The molecule has 1 fully saturated rings. The Balaban J connectivity index is 2.27. The summed E-state index contributed by atoms with van der Waals surface area (Å²) in [6.07, 6.45) is 1.94. The molecule has 2 rings (SSSR count). The topological polar surface area (TPSA) is 72.2 Å². The fraction of sp³-hybridized carbons (Fsp3) is 0.538. The second kappa shape index (κ2) is 4.55. The molecule has 0 saturated heterocycles. The van der Waals surface area contributed by atoms with E-state index in [1.807, 2.05) is 13.8 Å². The van der Waals surface area contributed by atoms with Crippen molar-refractivity contribution in [1.82, 2.24) is 4.72 Å². The summed E-state index contributed by atoms with van der Waals surface area (Å²) in [4.78, 5) is 0.201. The van der Waals surface area contributed by atoms with Crippen LogP contribution in [-0.4, -0.2) is 14.5 Å². The minimum Gasteiger partial charge on any atom is -0.398 e. The highest BCUT2D eigenvalue weighted by molar-refractivity contribution is 7.89. The Kier molecular flexibility index (Phi) is 3.38. The van der Waals surface area contributed by atoms with Crippen LogP contribution in [0, 0.1) is 19.8 Å². The third-order valence-electron chi connectivity index (χ3n) is 3.67. The largest absolute Gasteiger partial charge is 0.398 e. The second-order valence-corrected chi connectivity index (χ2v) is 6.79. The zero-order chi connectivity index (χ0) is 13.5. The molecule has 100 valence electrons. The van der Waals surface area contributed by atoms with Crippen LogP contribution in [0.25, 0.3) is 0 Å². The average Bonchev–Trinajstić information content (AvgIpc) is 3.00. The van der Waals surface area contributed by atoms with Gasteiger partial charge in [0.25, 0.3) is 0 Å². The number of anilines is 1. The van der Waals surface area contributed by atoms with Gasteiger partial charge in [0.1, 0.15) is 4.90 Å². The number of rotatable bonds is 4. The van der Waals surface area contributed by atoms with Gasteiger partial charge in [-0.1, -0.05) is 13.3 Å². The molecule has 3 N–H and O–H groups in total. The van der Waals surface area contributed by atoms with Crippen LogP contribution in [0.15, 0.2) is 17.0 Å². The summed E-state index contributed by atoms with van der Waals surface area (Å²) in [7, 11) is -3.48. The van der Waals surface area contributed by atoms with E-state index < -0.39 is 10.0 Å². The van der Waals surface area contributed by atoms with Gasteiger partial charge in [0.15, 0.2) is 0 Å². The van der Waals surface area contributed by atoms with Gasteiger partial charge in [-0.3, -0.25) is 0 Å². The van der Waals surface area contributed by atoms with Gasteiger partial charge in [-0.2, -0.15) is 0 Å². The highest BCUT2D eigenvalue weighted by Crippen LogP contribution is 2.35. The smallest absolute Gasteiger partial charge is 0.242 e. The third kappa shape index (κ3) is 2.52. The van der Waals surface area contributed by atoms with Crippen LogP contribution in [0.3, 0.4) is 0 Å². The Morgan fingerprint density at radius 2 is 1.94 bits per heavy atom. The quantitative estimate of drug-likeness (QED) is 0.820. The highest BCUT2D eigenvalue weighted by atomic mass is 32.2. The Hall–Kier alpha value is -1.07. The van der Waals surface area contributed by atoms with Crippen molar-refractivity contribution in [2.45, 2.75) is 44.6 Å². The summed E-state index contributed by atoms with van der Waals surface area (Å²) in [5.41, 5.74) is 8.08. The Morgan fingerprint density at radius 3 is 2.50 bits per heavy atom. The first-order chi connectivity index (χ1) is 8.35. The van der Waals surface area contributed by atoms with E-state index in [1.54, 1.807) is 12.1 Å². The minimum absolute atomic E-state index is 0.0843. The highest BCUT2D eigenvalue weighted by Gasteiger charge is 2.39. The van der Waals surface area contributed by atoms with E-state index in [9.17, 15) is 8.42 Å². The lowest BCUT2D eigenvalue weighted by Gasteiger charge is -2.11. The molecule has 2 atom stereocenters. The number of hydrogen-bond donors (Lipinski definition) is 2. The fourth-order valence-corrected chi connectivity index (χ4v) is 3.67. The molecule has 1 aromatic rings. The summed E-state index contributed by atoms with van der Waals surface area (Å²) in [5, 5.41) is 0. The monoisotopic (exact) mass is 268 g/mol. The van der Waals surface area contributed by atoms with Crippen LogP contribution in [0.2, 0.25) is 0 Å². The number of hydrogen-bond acceptors (Lipinski definition) is 3. The van der Waals surface area contributed by atoms with Crippen molar-refractivity contribution in [2.75, 3.05) is 5.73 Å². The van der Waals surface area contributed by atoms with Crippen molar-refractivity contribution < 1.29 is 8.42 Å². The zero-order valence-electron chi connectivity index (χ0n) is 11.0. The van der Waals surface area contributed by atoms with Crippen LogP contribution >= 0.6 is 0 Å². The Labute approximate surface area is 109 Å². The molecule has 1 aliphatic rings. The van der Waals surface area contributed by atoms with Gasteiger partial charge in [-0.05, 0) is 49.4 Å². The van der Waals surface area contributed by atoms with Crippen molar-refractivity contribution in [3.8, 4) is 0 Å². The van der Waals surface area contributed by atoms with Crippen molar-refractivity contribution in [1.29, 1.82) is 0 Å². The van der Waals surface area contributed by atoms with Gasteiger partial charge in [0.2, 0.25) is 10.0 Å². The number of nitrogens with two attached hydrogens (primary N) is 1. The zero-order valence-corrected chi connectivity index (χ0v) is 11.8. The molecule has 0 heterocycles. The first-order valence-electron chi connectivity index (χ1n) is 6.24. The van der Waals surface area contributed by atoms with Gasteiger partial charge >= 0.3 is 0 Å². The molecule has 0 amide bonds. The van der Waals surface area contributed by atoms with Crippen molar-refractivity contribution >= 4 is 15.7 Å². The van der Waals surface area contributed by atoms with Gasteiger partial charge in [-0.15, -0.1) is 0 Å².